The van der Waals surface area contributed by atoms with Crippen LogP contribution in [0, 0.1) is 5.92 Å². The van der Waals surface area contributed by atoms with Crippen molar-refractivity contribution in [2.45, 2.75) is 58.7 Å². The van der Waals surface area contributed by atoms with Crippen LogP contribution in [0.4, 0.5) is 0 Å². The van der Waals surface area contributed by atoms with Crippen molar-refractivity contribution in [2.24, 2.45) is 5.92 Å². The minimum Gasteiger partial charge on any atom is -0.342 e. The molecule has 3 unspecified atom stereocenters. The topological polar surface area (TPSA) is 62.3 Å². The molecule has 6 heteroatoms. The number of hydrogen-bond donors (Lipinski definition) is 1. The van der Waals surface area contributed by atoms with Gasteiger partial charge < -0.3 is 10.2 Å². The molecule has 116 valence electrons. The molecule has 2 amide bonds. The fraction of sp³-hybridized carbons (Fsp3) is 0.667. The molecule has 2 rings (SSSR count). The van der Waals surface area contributed by atoms with Crippen LogP contribution >= 0.6 is 11.3 Å². The number of hydrogen-bond acceptors (Lipinski definition) is 4. The van der Waals surface area contributed by atoms with Gasteiger partial charge in [0.15, 0.2) is 0 Å². The molecule has 0 aliphatic carbocycles. The second-order valence-corrected chi connectivity index (χ2v) is 6.58. The zero-order valence-corrected chi connectivity index (χ0v) is 13.7. The maximum absolute atomic E-state index is 12.7. The van der Waals surface area contributed by atoms with Gasteiger partial charge >= 0.3 is 0 Å². The van der Waals surface area contributed by atoms with E-state index in [1.165, 1.54) is 11.3 Å². The Labute approximate surface area is 129 Å². The van der Waals surface area contributed by atoms with Gasteiger partial charge in [0.25, 0.3) is 0 Å². The van der Waals surface area contributed by atoms with Crippen LogP contribution in [0.2, 0.25) is 0 Å². The fourth-order valence-corrected chi connectivity index (χ4v) is 3.33. The molecule has 21 heavy (non-hydrogen) atoms. The Bertz CT molecular complexity index is 489. The molecule has 1 saturated heterocycles. The number of rotatable bonds is 6. The summed E-state index contributed by atoms with van der Waals surface area (Å²) in [7, 11) is 0. The summed E-state index contributed by atoms with van der Waals surface area (Å²) in [5.41, 5.74) is 1.76. The maximum atomic E-state index is 12.7. The lowest BCUT2D eigenvalue weighted by Gasteiger charge is -2.41. The van der Waals surface area contributed by atoms with Crippen LogP contribution in [-0.2, 0) is 16.1 Å². The number of carbonyl (C=O) groups is 2. The number of carbonyl (C=O) groups excluding carboxylic acids is 2. The van der Waals surface area contributed by atoms with Crippen molar-refractivity contribution in [3.63, 3.8) is 0 Å². The lowest BCUT2D eigenvalue weighted by molar-refractivity contribution is -0.152. The Hall–Kier alpha value is -1.43. The van der Waals surface area contributed by atoms with Crippen LogP contribution in [-0.4, -0.2) is 33.8 Å². The molecule has 0 saturated carbocycles. The quantitative estimate of drug-likeness (QED) is 0.876. The van der Waals surface area contributed by atoms with Gasteiger partial charge in [-0.3, -0.25) is 14.6 Å². The lowest BCUT2D eigenvalue weighted by atomic mass is 9.92. The van der Waals surface area contributed by atoms with Crippen molar-refractivity contribution in [1.82, 2.24) is 15.2 Å². The highest BCUT2D eigenvalue weighted by atomic mass is 32.1. The molecular formula is C15H23N3O2S. The normalized spacial score (nSPS) is 24.0. The highest BCUT2D eigenvalue weighted by molar-refractivity contribution is 7.09. The summed E-state index contributed by atoms with van der Waals surface area (Å²) in [5.74, 6) is 0.159. The van der Waals surface area contributed by atoms with Crippen molar-refractivity contribution in [3.05, 3.63) is 16.6 Å². The first-order valence-electron chi connectivity index (χ1n) is 7.56. The number of thiazole rings is 1. The van der Waals surface area contributed by atoms with Crippen LogP contribution in [0.15, 0.2) is 11.7 Å². The minimum atomic E-state index is -0.379. The summed E-state index contributed by atoms with van der Waals surface area (Å²) < 4.78 is 0. The Morgan fingerprint density at radius 2 is 2.19 bits per heavy atom. The standard InChI is InChI=1S/C15H23N3O2S/c1-4-6-12-15(20)18(8-11-7-16-9-21-11)13(10(3)5-2)14(19)17-12/h7,9-10,12-13H,4-6,8H2,1-3H3,(H,17,19). The predicted molar refractivity (Wildman–Crippen MR) is 82.7 cm³/mol. The monoisotopic (exact) mass is 309 g/mol. The fourth-order valence-electron chi connectivity index (χ4n) is 2.74. The van der Waals surface area contributed by atoms with E-state index in [9.17, 15) is 9.59 Å². The van der Waals surface area contributed by atoms with E-state index in [1.807, 2.05) is 20.8 Å². The molecule has 0 bridgehead atoms. The molecular weight excluding hydrogens is 286 g/mol. The molecule has 1 fully saturated rings. The van der Waals surface area contributed by atoms with Crippen molar-refractivity contribution in [2.75, 3.05) is 0 Å². The lowest BCUT2D eigenvalue weighted by Crippen LogP contribution is -2.64. The summed E-state index contributed by atoms with van der Waals surface area (Å²) in [6.07, 6.45) is 4.20. The molecule has 3 atom stereocenters. The SMILES string of the molecule is CCCC1NC(=O)C(C(C)CC)N(Cc2cncs2)C1=O. The van der Waals surface area contributed by atoms with E-state index in [2.05, 4.69) is 10.3 Å². The average molecular weight is 309 g/mol. The van der Waals surface area contributed by atoms with E-state index in [1.54, 1.807) is 16.6 Å². The third-order valence-electron chi connectivity index (χ3n) is 4.07. The van der Waals surface area contributed by atoms with E-state index < -0.39 is 0 Å². The number of nitrogens with one attached hydrogen (secondary N) is 1. The zero-order chi connectivity index (χ0) is 15.4. The van der Waals surface area contributed by atoms with Gasteiger partial charge in [-0.25, -0.2) is 0 Å². The number of nitrogens with zero attached hydrogens (tertiary/aromatic N) is 2. The maximum Gasteiger partial charge on any atom is 0.246 e. The number of piperazine rings is 1. The summed E-state index contributed by atoms with van der Waals surface area (Å²) in [4.78, 5) is 32.0. The Balaban J connectivity index is 2.25. The molecule has 1 aliphatic heterocycles. The van der Waals surface area contributed by atoms with E-state index in [-0.39, 0.29) is 29.8 Å². The summed E-state index contributed by atoms with van der Waals surface area (Å²) in [5, 5.41) is 2.90. The second-order valence-electron chi connectivity index (χ2n) is 5.61. The van der Waals surface area contributed by atoms with E-state index in [0.717, 1.165) is 17.7 Å². The molecule has 5 nitrogen and oxygen atoms in total. The number of aromatic nitrogens is 1. The zero-order valence-electron chi connectivity index (χ0n) is 12.8. The van der Waals surface area contributed by atoms with Gasteiger partial charge in [-0.2, -0.15) is 0 Å². The predicted octanol–water partition coefficient (Wildman–Crippen LogP) is 2.18. The van der Waals surface area contributed by atoms with Crippen LogP contribution < -0.4 is 5.32 Å². The second kappa shape index (κ2) is 7.02. The van der Waals surface area contributed by atoms with Crippen LogP contribution in [0.25, 0.3) is 0 Å². The summed E-state index contributed by atoms with van der Waals surface area (Å²) in [6, 6.07) is -0.756. The van der Waals surface area contributed by atoms with Crippen LogP contribution in [0.3, 0.4) is 0 Å². The Kier molecular flexibility index (Phi) is 5.33. The third-order valence-corrected chi connectivity index (χ3v) is 4.84. The van der Waals surface area contributed by atoms with Gasteiger partial charge in [0.05, 0.1) is 12.1 Å². The molecule has 0 aromatic carbocycles. The van der Waals surface area contributed by atoms with Gasteiger partial charge in [-0.05, 0) is 12.3 Å². The summed E-state index contributed by atoms with van der Waals surface area (Å²) >= 11 is 1.52. The van der Waals surface area contributed by atoms with Crippen LogP contribution in [0.5, 0.6) is 0 Å². The molecule has 1 N–H and O–H groups in total. The first-order valence-corrected chi connectivity index (χ1v) is 8.44. The van der Waals surface area contributed by atoms with Crippen LogP contribution in [0.1, 0.15) is 44.9 Å². The van der Waals surface area contributed by atoms with Gasteiger partial charge in [0.2, 0.25) is 11.8 Å². The van der Waals surface area contributed by atoms with E-state index in [0.29, 0.717) is 13.0 Å². The highest BCUT2D eigenvalue weighted by Gasteiger charge is 2.42. The molecule has 2 heterocycles. The van der Waals surface area contributed by atoms with Crippen molar-refractivity contribution < 1.29 is 9.59 Å². The molecule has 1 aromatic rings. The summed E-state index contributed by atoms with van der Waals surface area (Å²) in [6.45, 7) is 6.57. The van der Waals surface area contributed by atoms with E-state index in [4.69, 9.17) is 0 Å². The van der Waals surface area contributed by atoms with Gasteiger partial charge in [0, 0.05) is 11.1 Å². The van der Waals surface area contributed by atoms with Gasteiger partial charge in [-0.1, -0.05) is 33.6 Å². The smallest absolute Gasteiger partial charge is 0.246 e. The highest BCUT2D eigenvalue weighted by Crippen LogP contribution is 2.24. The largest absolute Gasteiger partial charge is 0.342 e. The van der Waals surface area contributed by atoms with Crippen molar-refractivity contribution >= 4 is 23.2 Å². The van der Waals surface area contributed by atoms with Gasteiger partial charge in [-0.15, -0.1) is 11.3 Å². The number of amides is 2. The minimum absolute atomic E-state index is 0.0214. The molecule has 0 radical (unpaired) electrons. The van der Waals surface area contributed by atoms with E-state index >= 15 is 0 Å². The molecule has 0 spiro atoms. The molecule has 1 aliphatic rings. The van der Waals surface area contributed by atoms with Gasteiger partial charge in [0.1, 0.15) is 12.1 Å². The third kappa shape index (κ3) is 3.43. The average Bonchev–Trinajstić information content (AvgIpc) is 2.97. The van der Waals surface area contributed by atoms with Crippen molar-refractivity contribution in [3.8, 4) is 0 Å². The Morgan fingerprint density at radius 3 is 2.76 bits per heavy atom. The first kappa shape index (κ1) is 15.9. The first-order chi connectivity index (χ1) is 10.1. The van der Waals surface area contributed by atoms with Crippen molar-refractivity contribution in [1.29, 1.82) is 0 Å². The Morgan fingerprint density at radius 1 is 1.43 bits per heavy atom. The molecule has 1 aromatic heterocycles.